The first-order chi connectivity index (χ1) is 11.6. The highest BCUT2D eigenvalue weighted by atomic mass is 16.3. The minimum absolute atomic E-state index is 0.0215. The van der Waals surface area contributed by atoms with Gasteiger partial charge in [0.25, 0.3) is 0 Å². The van der Waals surface area contributed by atoms with Crippen LogP contribution in [0, 0.1) is 5.92 Å². The van der Waals surface area contributed by atoms with Crippen molar-refractivity contribution in [2.24, 2.45) is 5.92 Å². The zero-order valence-electron chi connectivity index (χ0n) is 14.2. The Balaban J connectivity index is 1.65. The molecule has 2 aliphatic rings. The van der Waals surface area contributed by atoms with Crippen molar-refractivity contribution in [2.75, 3.05) is 20.2 Å². The van der Waals surface area contributed by atoms with Crippen LogP contribution in [0.3, 0.4) is 0 Å². The van der Waals surface area contributed by atoms with E-state index in [9.17, 15) is 9.90 Å². The third-order valence-electron chi connectivity index (χ3n) is 5.76. The number of likely N-dealkylation sites (N-methyl/N-ethyl adjacent to an activating group) is 1. The number of carbonyl (C=O) groups is 1. The first-order valence-electron chi connectivity index (χ1n) is 8.78. The summed E-state index contributed by atoms with van der Waals surface area (Å²) in [6, 6.07) is 6.73. The number of likely N-dealkylation sites (tertiary alicyclic amines) is 1. The molecule has 0 spiro atoms. The molecule has 1 aromatic carbocycles. The van der Waals surface area contributed by atoms with Crippen LogP contribution in [-0.2, 0) is 11.2 Å². The van der Waals surface area contributed by atoms with E-state index in [1.807, 2.05) is 6.92 Å². The van der Waals surface area contributed by atoms with Crippen LogP contribution >= 0.6 is 0 Å². The van der Waals surface area contributed by atoms with Gasteiger partial charge in [-0.3, -0.25) is 4.79 Å². The predicted molar refractivity (Wildman–Crippen MR) is 94.0 cm³/mol. The molecule has 128 valence electrons. The van der Waals surface area contributed by atoms with Crippen LogP contribution in [0.15, 0.2) is 24.4 Å². The van der Waals surface area contributed by atoms with E-state index < -0.39 is 0 Å². The molecule has 24 heavy (non-hydrogen) atoms. The normalized spacial score (nSPS) is 27.7. The number of nitrogens with one attached hydrogen (secondary N) is 2. The summed E-state index contributed by atoms with van der Waals surface area (Å²) in [7, 11) is 2.13. The van der Waals surface area contributed by atoms with Gasteiger partial charge in [0, 0.05) is 41.6 Å². The Bertz CT molecular complexity index is 769. The van der Waals surface area contributed by atoms with E-state index >= 15 is 0 Å². The average Bonchev–Trinajstić information content (AvgIpc) is 3.00. The second-order valence-corrected chi connectivity index (χ2v) is 7.43. The Morgan fingerprint density at radius 3 is 3.12 bits per heavy atom. The molecule has 1 aromatic heterocycles. The molecule has 2 heterocycles. The first-order valence-corrected chi connectivity index (χ1v) is 8.78. The standard InChI is InChI=1S/C19H25N3O2/c1-11(10-23)21-19(24)13-6-15-14-4-3-5-16-18(14)12(8-20-16)7-17(15)22(2)9-13/h3-5,8,11,13,15,17,20,23H,6-7,9-10H2,1-2H3,(H,21,24)/t11-,13?,15+,17+/m0/s1. The van der Waals surface area contributed by atoms with E-state index in [1.54, 1.807) is 0 Å². The molecule has 4 rings (SSSR count). The number of carbonyl (C=O) groups excluding carboxylic acids is 1. The molecule has 2 aromatic rings. The molecule has 5 nitrogen and oxygen atoms in total. The molecule has 1 fully saturated rings. The highest BCUT2D eigenvalue weighted by Gasteiger charge is 2.41. The Morgan fingerprint density at radius 2 is 2.33 bits per heavy atom. The van der Waals surface area contributed by atoms with Gasteiger partial charge in [0.05, 0.1) is 12.5 Å². The number of aromatic nitrogens is 1. The predicted octanol–water partition coefficient (Wildman–Crippen LogP) is 1.62. The van der Waals surface area contributed by atoms with Crippen LogP contribution in [-0.4, -0.2) is 53.2 Å². The van der Waals surface area contributed by atoms with Gasteiger partial charge >= 0.3 is 0 Å². The summed E-state index contributed by atoms with van der Waals surface area (Å²) in [5, 5.41) is 13.5. The minimum Gasteiger partial charge on any atom is -0.394 e. The van der Waals surface area contributed by atoms with Crippen LogP contribution in [0.4, 0.5) is 0 Å². The summed E-state index contributed by atoms with van der Waals surface area (Å²) in [6.45, 7) is 2.59. The number of aliphatic hydroxyl groups excluding tert-OH is 1. The third-order valence-corrected chi connectivity index (χ3v) is 5.76. The Hall–Kier alpha value is -1.85. The summed E-state index contributed by atoms with van der Waals surface area (Å²) in [4.78, 5) is 18.3. The van der Waals surface area contributed by atoms with Crippen LogP contribution < -0.4 is 5.32 Å². The Labute approximate surface area is 142 Å². The summed E-state index contributed by atoms with van der Waals surface area (Å²) >= 11 is 0. The summed E-state index contributed by atoms with van der Waals surface area (Å²) in [6.07, 6.45) is 4.06. The molecular formula is C19H25N3O2. The van der Waals surface area contributed by atoms with Crippen LogP contribution in [0.25, 0.3) is 10.9 Å². The van der Waals surface area contributed by atoms with Crippen LogP contribution in [0.2, 0.25) is 0 Å². The van der Waals surface area contributed by atoms with Gasteiger partial charge in [-0.1, -0.05) is 12.1 Å². The zero-order chi connectivity index (χ0) is 16.8. The number of fused-ring (bicyclic) bond motifs is 2. The number of aliphatic hydroxyl groups is 1. The first kappa shape index (κ1) is 15.7. The lowest BCUT2D eigenvalue weighted by atomic mass is 9.72. The number of H-pyrrole nitrogens is 1. The van der Waals surface area contributed by atoms with Crippen LogP contribution in [0.1, 0.15) is 30.4 Å². The number of nitrogens with zero attached hydrogens (tertiary/aromatic N) is 1. The van der Waals surface area contributed by atoms with Gasteiger partial charge in [0.2, 0.25) is 5.91 Å². The van der Waals surface area contributed by atoms with Gasteiger partial charge in [0.15, 0.2) is 0 Å². The molecule has 0 bridgehead atoms. The quantitative estimate of drug-likeness (QED) is 0.802. The van der Waals surface area contributed by atoms with Crippen molar-refractivity contribution < 1.29 is 9.90 Å². The maximum Gasteiger partial charge on any atom is 0.224 e. The van der Waals surface area contributed by atoms with E-state index in [0.717, 1.165) is 19.4 Å². The van der Waals surface area contributed by atoms with Crippen molar-refractivity contribution in [2.45, 2.75) is 37.8 Å². The third kappa shape index (κ3) is 2.43. The summed E-state index contributed by atoms with van der Waals surface area (Å²) < 4.78 is 0. The van der Waals surface area contributed by atoms with E-state index in [2.05, 4.69) is 46.6 Å². The molecule has 1 amide bonds. The zero-order valence-corrected chi connectivity index (χ0v) is 14.2. The monoisotopic (exact) mass is 327 g/mol. The summed E-state index contributed by atoms with van der Waals surface area (Å²) in [5.41, 5.74) is 3.97. The van der Waals surface area contributed by atoms with E-state index in [4.69, 9.17) is 0 Å². The Morgan fingerprint density at radius 1 is 1.50 bits per heavy atom. The molecule has 1 aliphatic heterocycles. The maximum atomic E-state index is 12.6. The lowest BCUT2D eigenvalue weighted by Gasteiger charge is -2.45. The number of aromatic amines is 1. The second kappa shape index (κ2) is 5.90. The average molecular weight is 327 g/mol. The number of amides is 1. The highest BCUT2D eigenvalue weighted by Crippen LogP contribution is 2.44. The SMILES string of the molecule is C[C@@H](CO)NC(=O)C1C[C@@H]2c3cccc4[nH]cc(c34)C[C@H]2N(C)C1. The van der Waals surface area contributed by atoms with E-state index in [-0.39, 0.29) is 24.5 Å². The fourth-order valence-corrected chi connectivity index (χ4v) is 4.54. The van der Waals surface area contributed by atoms with Gasteiger partial charge in [-0.25, -0.2) is 0 Å². The van der Waals surface area contributed by atoms with Crippen molar-refractivity contribution in [3.05, 3.63) is 35.5 Å². The lowest BCUT2D eigenvalue weighted by Crippen LogP contribution is -2.52. The van der Waals surface area contributed by atoms with Gasteiger partial charge < -0.3 is 20.3 Å². The Kier molecular flexibility index (Phi) is 3.85. The number of hydrogen-bond acceptors (Lipinski definition) is 3. The number of rotatable bonds is 3. The molecular weight excluding hydrogens is 302 g/mol. The molecule has 1 unspecified atom stereocenters. The molecule has 1 aliphatic carbocycles. The molecule has 0 saturated carbocycles. The molecule has 1 saturated heterocycles. The van der Waals surface area contributed by atoms with Crippen molar-refractivity contribution in [3.63, 3.8) is 0 Å². The van der Waals surface area contributed by atoms with Crippen LogP contribution in [0.5, 0.6) is 0 Å². The molecule has 5 heteroatoms. The van der Waals surface area contributed by atoms with Gasteiger partial charge in [-0.05, 0) is 44.0 Å². The van der Waals surface area contributed by atoms with Crippen molar-refractivity contribution >= 4 is 16.8 Å². The fraction of sp³-hybridized carbons (Fsp3) is 0.526. The largest absolute Gasteiger partial charge is 0.394 e. The highest BCUT2D eigenvalue weighted by molar-refractivity contribution is 5.88. The van der Waals surface area contributed by atoms with Gasteiger partial charge in [-0.15, -0.1) is 0 Å². The number of hydrogen-bond donors (Lipinski definition) is 3. The number of benzene rings is 1. The van der Waals surface area contributed by atoms with Gasteiger partial charge in [0.1, 0.15) is 0 Å². The van der Waals surface area contributed by atoms with E-state index in [0.29, 0.717) is 12.0 Å². The second-order valence-electron chi connectivity index (χ2n) is 7.43. The number of piperidine rings is 1. The smallest absolute Gasteiger partial charge is 0.224 e. The van der Waals surface area contributed by atoms with Crippen molar-refractivity contribution in [1.29, 1.82) is 0 Å². The van der Waals surface area contributed by atoms with E-state index in [1.165, 1.54) is 22.0 Å². The van der Waals surface area contributed by atoms with Gasteiger partial charge in [-0.2, -0.15) is 0 Å². The van der Waals surface area contributed by atoms with Crippen molar-refractivity contribution in [1.82, 2.24) is 15.2 Å². The maximum absolute atomic E-state index is 12.6. The molecule has 0 radical (unpaired) electrons. The topological polar surface area (TPSA) is 68.4 Å². The fourth-order valence-electron chi connectivity index (χ4n) is 4.54. The molecule has 4 atom stereocenters. The van der Waals surface area contributed by atoms with Crippen molar-refractivity contribution in [3.8, 4) is 0 Å². The lowest BCUT2D eigenvalue weighted by molar-refractivity contribution is -0.128. The minimum atomic E-state index is -0.188. The molecule has 3 N–H and O–H groups in total. The summed E-state index contributed by atoms with van der Waals surface area (Å²) in [5.74, 6) is 0.422.